The number of methoxy groups -OCH3 is 1. The highest BCUT2D eigenvalue weighted by atomic mass is 32.2. The molecule has 3 amide bonds. The van der Waals surface area contributed by atoms with Crippen LogP contribution in [-0.4, -0.2) is 47.1 Å². The third kappa shape index (κ3) is 6.37. The van der Waals surface area contributed by atoms with Crippen molar-refractivity contribution in [2.75, 3.05) is 20.2 Å². The molecule has 0 unspecified atom stereocenters. The van der Waals surface area contributed by atoms with Gasteiger partial charge in [-0.25, -0.2) is 4.39 Å². The fourth-order valence-electron chi connectivity index (χ4n) is 4.64. The van der Waals surface area contributed by atoms with E-state index >= 15 is 0 Å². The maximum atomic E-state index is 13.2. The van der Waals surface area contributed by atoms with Crippen molar-refractivity contribution < 1.29 is 28.2 Å². The fraction of sp³-hybridized carbons (Fsp3) is 0.258. The molecule has 2 fully saturated rings. The van der Waals surface area contributed by atoms with Gasteiger partial charge in [0, 0.05) is 18.7 Å². The van der Waals surface area contributed by atoms with E-state index in [1.165, 1.54) is 25.7 Å². The van der Waals surface area contributed by atoms with E-state index in [9.17, 15) is 18.8 Å². The summed E-state index contributed by atoms with van der Waals surface area (Å²) in [6.45, 7) is 1.99. The van der Waals surface area contributed by atoms with Crippen molar-refractivity contribution in [2.24, 2.45) is 0 Å². The van der Waals surface area contributed by atoms with Crippen molar-refractivity contribution in [1.82, 2.24) is 9.80 Å². The molecule has 0 radical (unpaired) electrons. The van der Waals surface area contributed by atoms with Gasteiger partial charge in [-0.05, 0) is 90.2 Å². The van der Waals surface area contributed by atoms with Crippen molar-refractivity contribution in [3.63, 3.8) is 0 Å². The lowest BCUT2D eigenvalue weighted by molar-refractivity contribution is -0.123. The van der Waals surface area contributed by atoms with Crippen LogP contribution in [0.4, 0.5) is 9.18 Å². The third-order valence-corrected chi connectivity index (χ3v) is 7.76. The molecule has 9 heteroatoms. The first-order chi connectivity index (χ1) is 19.4. The Kier molecular flexibility index (Phi) is 8.50. The lowest BCUT2D eigenvalue weighted by Gasteiger charge is -2.26. The standard InChI is InChI=1S/C31H29FN2O5S/c1-38-27-17-23(18-28-30(36)34(31(37)40-28)19-21-7-12-25(32)13-8-21)9-14-26(27)39-20-22-5-10-24(11-6-22)29(35)33-15-3-2-4-16-33/h5-14,17-18H,2-4,15-16,19-20H2,1H3/b28-18-. The molecule has 40 heavy (non-hydrogen) atoms. The molecule has 3 aromatic carbocycles. The zero-order valence-electron chi connectivity index (χ0n) is 22.1. The number of hydrogen-bond donors (Lipinski definition) is 0. The van der Waals surface area contributed by atoms with Crippen LogP contribution in [0.5, 0.6) is 11.5 Å². The van der Waals surface area contributed by atoms with Gasteiger partial charge >= 0.3 is 0 Å². The van der Waals surface area contributed by atoms with Gasteiger partial charge in [-0.2, -0.15) is 0 Å². The molecule has 206 valence electrons. The molecule has 0 spiro atoms. The average Bonchev–Trinajstić information content (AvgIpc) is 3.25. The van der Waals surface area contributed by atoms with E-state index in [4.69, 9.17) is 9.47 Å². The SMILES string of the molecule is COc1cc(/C=C2\SC(=O)N(Cc3ccc(F)cc3)C2=O)ccc1OCc1ccc(C(=O)N2CCCCC2)cc1. The topological polar surface area (TPSA) is 76.1 Å². The van der Waals surface area contributed by atoms with Crippen LogP contribution in [0, 0.1) is 5.82 Å². The molecule has 3 aromatic rings. The Bertz CT molecular complexity index is 1430. The lowest BCUT2D eigenvalue weighted by atomic mass is 10.1. The van der Waals surface area contributed by atoms with Gasteiger partial charge in [0.2, 0.25) is 0 Å². The second-order valence-electron chi connectivity index (χ2n) is 9.64. The highest BCUT2D eigenvalue weighted by Crippen LogP contribution is 2.35. The first kappa shape index (κ1) is 27.5. The van der Waals surface area contributed by atoms with E-state index in [-0.39, 0.29) is 30.1 Å². The third-order valence-electron chi connectivity index (χ3n) is 6.85. The molecule has 0 aromatic heterocycles. The minimum atomic E-state index is -0.402. The van der Waals surface area contributed by atoms with Crippen LogP contribution < -0.4 is 9.47 Å². The van der Waals surface area contributed by atoms with Gasteiger partial charge in [-0.1, -0.05) is 30.3 Å². The quantitative estimate of drug-likeness (QED) is 0.302. The van der Waals surface area contributed by atoms with Crippen LogP contribution in [0.3, 0.4) is 0 Å². The number of carbonyl (C=O) groups excluding carboxylic acids is 3. The highest BCUT2D eigenvalue weighted by Gasteiger charge is 2.35. The summed E-state index contributed by atoms with van der Waals surface area (Å²) in [5.41, 5.74) is 2.93. The van der Waals surface area contributed by atoms with E-state index in [0.29, 0.717) is 33.1 Å². The summed E-state index contributed by atoms with van der Waals surface area (Å²) in [5, 5.41) is -0.379. The van der Waals surface area contributed by atoms with Crippen LogP contribution in [0.15, 0.2) is 71.6 Å². The van der Waals surface area contributed by atoms with Gasteiger partial charge in [0.1, 0.15) is 12.4 Å². The Labute approximate surface area is 236 Å². The van der Waals surface area contributed by atoms with Gasteiger partial charge in [0.25, 0.3) is 17.1 Å². The number of thioether (sulfide) groups is 1. The van der Waals surface area contributed by atoms with Crippen molar-refractivity contribution in [3.05, 3.63) is 99.7 Å². The zero-order chi connectivity index (χ0) is 28.1. The zero-order valence-corrected chi connectivity index (χ0v) is 22.9. The summed E-state index contributed by atoms with van der Waals surface area (Å²) < 4.78 is 24.7. The maximum Gasteiger partial charge on any atom is 0.293 e. The number of nitrogens with zero attached hydrogens (tertiary/aromatic N) is 2. The first-order valence-corrected chi connectivity index (χ1v) is 13.9. The monoisotopic (exact) mass is 560 g/mol. The average molecular weight is 561 g/mol. The van der Waals surface area contributed by atoms with Gasteiger partial charge in [0.05, 0.1) is 18.6 Å². The van der Waals surface area contributed by atoms with Gasteiger partial charge in [0.15, 0.2) is 11.5 Å². The van der Waals surface area contributed by atoms with E-state index in [1.54, 1.807) is 36.4 Å². The Balaban J connectivity index is 1.22. The van der Waals surface area contributed by atoms with Crippen molar-refractivity contribution in [1.29, 1.82) is 0 Å². The molecule has 2 heterocycles. The van der Waals surface area contributed by atoms with Crippen molar-refractivity contribution in [2.45, 2.75) is 32.4 Å². The molecule has 2 aliphatic heterocycles. The summed E-state index contributed by atoms with van der Waals surface area (Å²) in [4.78, 5) is 41.4. The summed E-state index contributed by atoms with van der Waals surface area (Å²) in [7, 11) is 1.53. The first-order valence-electron chi connectivity index (χ1n) is 13.1. The second-order valence-corrected chi connectivity index (χ2v) is 10.6. The normalized spacial score (nSPS) is 16.5. The van der Waals surface area contributed by atoms with Crippen LogP contribution in [-0.2, 0) is 17.9 Å². The number of benzene rings is 3. The minimum absolute atomic E-state index is 0.0673. The van der Waals surface area contributed by atoms with Crippen LogP contribution in [0.2, 0.25) is 0 Å². The molecule has 7 nitrogen and oxygen atoms in total. The predicted molar refractivity (Wildman–Crippen MR) is 151 cm³/mol. The number of likely N-dealkylation sites (tertiary alicyclic amines) is 1. The smallest absolute Gasteiger partial charge is 0.293 e. The molecule has 2 aliphatic rings. The fourth-order valence-corrected chi connectivity index (χ4v) is 5.48. The summed E-state index contributed by atoms with van der Waals surface area (Å²) >= 11 is 0.862. The number of carbonyl (C=O) groups is 3. The molecule has 0 atom stereocenters. The Morgan fingerprint density at radius 2 is 1.62 bits per heavy atom. The van der Waals surface area contributed by atoms with Gasteiger partial charge in [-0.3, -0.25) is 19.3 Å². The summed E-state index contributed by atoms with van der Waals surface area (Å²) in [5.74, 6) is 0.295. The number of piperidine rings is 1. The Hall–Kier alpha value is -4.11. The van der Waals surface area contributed by atoms with E-state index in [2.05, 4.69) is 0 Å². The molecule has 5 rings (SSSR count). The number of ether oxygens (including phenoxy) is 2. The van der Waals surface area contributed by atoms with Crippen LogP contribution in [0.25, 0.3) is 6.08 Å². The molecule has 0 N–H and O–H groups in total. The second kappa shape index (κ2) is 12.4. The van der Waals surface area contributed by atoms with Crippen LogP contribution in [0.1, 0.15) is 46.3 Å². The number of hydrogen-bond acceptors (Lipinski definition) is 6. The van der Waals surface area contributed by atoms with Crippen LogP contribution >= 0.6 is 11.8 Å². The maximum absolute atomic E-state index is 13.2. The highest BCUT2D eigenvalue weighted by molar-refractivity contribution is 8.18. The number of rotatable bonds is 8. The van der Waals surface area contributed by atoms with E-state index in [0.717, 1.165) is 48.2 Å². The Morgan fingerprint density at radius 3 is 2.33 bits per heavy atom. The minimum Gasteiger partial charge on any atom is -0.493 e. The molecule has 0 saturated carbocycles. The molecular formula is C31H29FN2O5S. The number of amides is 3. The van der Waals surface area contributed by atoms with E-state index < -0.39 is 5.91 Å². The van der Waals surface area contributed by atoms with Gasteiger partial charge < -0.3 is 14.4 Å². The molecule has 0 aliphatic carbocycles. The Morgan fingerprint density at radius 1 is 0.925 bits per heavy atom. The molecule has 0 bridgehead atoms. The van der Waals surface area contributed by atoms with E-state index in [1.807, 2.05) is 29.2 Å². The largest absolute Gasteiger partial charge is 0.493 e. The van der Waals surface area contributed by atoms with Gasteiger partial charge in [-0.15, -0.1) is 0 Å². The number of imide groups is 1. The lowest BCUT2D eigenvalue weighted by Crippen LogP contribution is -2.35. The van der Waals surface area contributed by atoms with Crippen molar-refractivity contribution in [3.8, 4) is 11.5 Å². The summed E-state index contributed by atoms with van der Waals surface area (Å²) in [6.07, 6.45) is 4.92. The predicted octanol–water partition coefficient (Wildman–Crippen LogP) is 6.28. The summed E-state index contributed by atoms with van der Waals surface area (Å²) in [6, 6.07) is 18.4. The molecular weight excluding hydrogens is 531 g/mol. The molecule has 2 saturated heterocycles. The number of halogens is 1. The van der Waals surface area contributed by atoms with Crippen molar-refractivity contribution >= 4 is 34.9 Å².